The number of fused-ring (bicyclic) bond motifs is 1. The molecule has 10 heteroatoms. The second-order valence-corrected chi connectivity index (χ2v) is 7.48. The van der Waals surface area contributed by atoms with Gasteiger partial charge in [0.05, 0.1) is 18.1 Å². The van der Waals surface area contributed by atoms with Crippen LogP contribution in [0.5, 0.6) is 5.75 Å². The van der Waals surface area contributed by atoms with Gasteiger partial charge < -0.3 is 14.8 Å². The Balaban J connectivity index is 1.71. The molecule has 30 heavy (non-hydrogen) atoms. The van der Waals surface area contributed by atoms with Crippen molar-refractivity contribution in [1.29, 1.82) is 0 Å². The summed E-state index contributed by atoms with van der Waals surface area (Å²) in [6, 6.07) is 8.81. The molecule has 0 bridgehead atoms. The third-order valence-corrected chi connectivity index (χ3v) is 5.61. The molecule has 0 saturated carbocycles. The molecule has 1 fully saturated rings. The lowest BCUT2D eigenvalue weighted by Gasteiger charge is -2.26. The van der Waals surface area contributed by atoms with Crippen molar-refractivity contribution in [3.63, 3.8) is 0 Å². The predicted molar refractivity (Wildman–Crippen MR) is 106 cm³/mol. The summed E-state index contributed by atoms with van der Waals surface area (Å²) in [6.07, 6.45) is 0.326. The fraction of sp³-hybridized carbons (Fsp3) is 0.300. The van der Waals surface area contributed by atoms with Gasteiger partial charge in [-0.2, -0.15) is 0 Å². The van der Waals surface area contributed by atoms with Crippen LogP contribution in [0.25, 0.3) is 0 Å². The summed E-state index contributed by atoms with van der Waals surface area (Å²) in [6.45, 7) is 1.77. The SMILES string of the molecule is CCC1(c2ccc(Cl)cc2)NC(=O)N(Cc2cc([N+](=O)[O-])cc3c2OCOC3)C1=O. The molecule has 4 rings (SSSR count). The van der Waals surface area contributed by atoms with Gasteiger partial charge in [-0.15, -0.1) is 0 Å². The molecule has 0 spiro atoms. The first kappa shape index (κ1) is 20.1. The largest absolute Gasteiger partial charge is 0.467 e. The third kappa shape index (κ3) is 3.25. The third-order valence-electron chi connectivity index (χ3n) is 5.35. The molecule has 1 N–H and O–H groups in total. The Morgan fingerprint density at radius 1 is 1.27 bits per heavy atom. The van der Waals surface area contributed by atoms with Gasteiger partial charge in [-0.1, -0.05) is 30.7 Å². The highest BCUT2D eigenvalue weighted by molar-refractivity contribution is 6.30. The van der Waals surface area contributed by atoms with Gasteiger partial charge in [-0.25, -0.2) is 4.79 Å². The minimum absolute atomic E-state index is 0.0123. The number of imide groups is 1. The normalized spacial score (nSPS) is 20.5. The summed E-state index contributed by atoms with van der Waals surface area (Å²) < 4.78 is 10.7. The quantitative estimate of drug-likeness (QED) is 0.441. The summed E-state index contributed by atoms with van der Waals surface area (Å²) in [5, 5.41) is 14.6. The first-order valence-corrected chi connectivity index (χ1v) is 9.64. The first-order valence-electron chi connectivity index (χ1n) is 9.26. The molecular formula is C20H18ClN3O6. The van der Waals surface area contributed by atoms with Crippen molar-refractivity contribution in [2.75, 3.05) is 6.79 Å². The van der Waals surface area contributed by atoms with Crippen LogP contribution in [0.1, 0.15) is 30.0 Å². The number of nitro groups is 1. The number of halogens is 1. The van der Waals surface area contributed by atoms with E-state index < -0.39 is 22.4 Å². The predicted octanol–water partition coefficient (Wildman–Crippen LogP) is 3.47. The number of non-ortho nitro benzene ring substituents is 1. The van der Waals surface area contributed by atoms with Crippen LogP contribution in [0.2, 0.25) is 5.02 Å². The summed E-state index contributed by atoms with van der Waals surface area (Å²) in [4.78, 5) is 38.0. The van der Waals surface area contributed by atoms with E-state index in [1.807, 2.05) is 0 Å². The van der Waals surface area contributed by atoms with Gasteiger partial charge in [0.2, 0.25) is 0 Å². The van der Waals surface area contributed by atoms with Gasteiger partial charge in [0.1, 0.15) is 11.3 Å². The van der Waals surface area contributed by atoms with Crippen molar-refractivity contribution in [1.82, 2.24) is 10.2 Å². The molecule has 2 aromatic carbocycles. The molecule has 156 valence electrons. The first-order chi connectivity index (χ1) is 14.4. The molecule has 2 aromatic rings. The Morgan fingerprint density at radius 3 is 2.67 bits per heavy atom. The number of benzene rings is 2. The highest BCUT2D eigenvalue weighted by Crippen LogP contribution is 2.37. The lowest BCUT2D eigenvalue weighted by molar-refractivity contribution is -0.385. The van der Waals surface area contributed by atoms with E-state index >= 15 is 0 Å². The van der Waals surface area contributed by atoms with Gasteiger partial charge >= 0.3 is 6.03 Å². The van der Waals surface area contributed by atoms with Gasteiger partial charge in [-0.3, -0.25) is 19.8 Å². The van der Waals surface area contributed by atoms with E-state index in [0.29, 0.717) is 33.9 Å². The number of carbonyl (C=O) groups excluding carboxylic acids is 2. The van der Waals surface area contributed by atoms with Crippen molar-refractivity contribution in [2.24, 2.45) is 0 Å². The van der Waals surface area contributed by atoms with Gasteiger partial charge in [0.25, 0.3) is 11.6 Å². The van der Waals surface area contributed by atoms with Crippen LogP contribution in [-0.2, 0) is 28.2 Å². The number of carbonyl (C=O) groups is 2. The topological polar surface area (TPSA) is 111 Å². The van der Waals surface area contributed by atoms with Crippen molar-refractivity contribution in [2.45, 2.75) is 32.0 Å². The lowest BCUT2D eigenvalue weighted by Crippen LogP contribution is -2.43. The van der Waals surface area contributed by atoms with Crippen LogP contribution in [0.15, 0.2) is 36.4 Å². The molecule has 2 aliphatic rings. The van der Waals surface area contributed by atoms with E-state index in [-0.39, 0.29) is 25.6 Å². The molecule has 0 radical (unpaired) electrons. The maximum absolute atomic E-state index is 13.4. The minimum Gasteiger partial charge on any atom is -0.467 e. The molecule has 2 aliphatic heterocycles. The highest BCUT2D eigenvalue weighted by Gasteiger charge is 2.51. The number of ether oxygens (including phenoxy) is 2. The average Bonchev–Trinajstić information content (AvgIpc) is 2.99. The number of rotatable bonds is 5. The Bertz CT molecular complexity index is 1040. The molecule has 0 aromatic heterocycles. The summed E-state index contributed by atoms with van der Waals surface area (Å²) >= 11 is 5.95. The Kier molecular flexibility index (Phi) is 5.08. The fourth-order valence-electron chi connectivity index (χ4n) is 3.82. The molecule has 2 heterocycles. The second-order valence-electron chi connectivity index (χ2n) is 7.05. The van der Waals surface area contributed by atoms with Gasteiger partial charge in [-0.05, 0) is 24.1 Å². The Morgan fingerprint density at radius 2 is 2.00 bits per heavy atom. The number of nitrogens with zero attached hydrogens (tertiary/aromatic N) is 2. The van der Waals surface area contributed by atoms with E-state index in [0.717, 1.165) is 4.90 Å². The van der Waals surface area contributed by atoms with E-state index in [1.54, 1.807) is 31.2 Å². The van der Waals surface area contributed by atoms with Crippen LogP contribution in [0.4, 0.5) is 10.5 Å². The van der Waals surface area contributed by atoms with Gasteiger partial charge in [0, 0.05) is 28.3 Å². The van der Waals surface area contributed by atoms with Crippen LogP contribution >= 0.6 is 11.6 Å². The summed E-state index contributed by atoms with van der Waals surface area (Å²) in [5.41, 5.74) is 0.0863. The molecule has 1 unspecified atom stereocenters. The monoisotopic (exact) mass is 431 g/mol. The molecule has 3 amide bonds. The van der Waals surface area contributed by atoms with Crippen LogP contribution in [0, 0.1) is 10.1 Å². The standard InChI is InChI=1S/C20H18ClN3O6/c1-2-20(14-3-5-15(21)6-4-14)18(25)23(19(26)22-20)9-12-7-16(24(27)28)8-13-10-29-11-30-17(12)13/h3-8H,2,9-11H2,1H3,(H,22,26). The Hall–Kier alpha value is -3.17. The number of nitrogens with one attached hydrogen (secondary N) is 1. The zero-order chi connectivity index (χ0) is 21.5. The average molecular weight is 432 g/mol. The zero-order valence-corrected chi connectivity index (χ0v) is 16.8. The van der Waals surface area contributed by atoms with Crippen molar-refractivity contribution in [3.05, 3.63) is 68.2 Å². The van der Waals surface area contributed by atoms with E-state index in [2.05, 4.69) is 5.32 Å². The van der Waals surface area contributed by atoms with Crippen molar-refractivity contribution < 1.29 is 24.0 Å². The molecule has 1 atom stereocenters. The summed E-state index contributed by atoms with van der Waals surface area (Å²) in [5.74, 6) is -0.0439. The maximum Gasteiger partial charge on any atom is 0.325 e. The van der Waals surface area contributed by atoms with E-state index in [1.165, 1.54) is 12.1 Å². The number of urea groups is 1. The van der Waals surface area contributed by atoms with E-state index in [4.69, 9.17) is 21.1 Å². The molecule has 1 saturated heterocycles. The molecule has 0 aliphatic carbocycles. The van der Waals surface area contributed by atoms with Crippen LogP contribution in [0.3, 0.4) is 0 Å². The highest BCUT2D eigenvalue weighted by atomic mass is 35.5. The summed E-state index contributed by atoms with van der Waals surface area (Å²) in [7, 11) is 0. The Labute approximate surface area is 176 Å². The smallest absolute Gasteiger partial charge is 0.325 e. The number of hydrogen-bond acceptors (Lipinski definition) is 6. The van der Waals surface area contributed by atoms with Gasteiger partial charge in [0.15, 0.2) is 6.79 Å². The number of amides is 3. The second kappa shape index (κ2) is 7.58. The van der Waals surface area contributed by atoms with Crippen molar-refractivity contribution >= 4 is 29.2 Å². The van der Waals surface area contributed by atoms with E-state index in [9.17, 15) is 19.7 Å². The number of hydrogen-bond donors (Lipinski definition) is 1. The maximum atomic E-state index is 13.4. The van der Waals surface area contributed by atoms with Crippen LogP contribution < -0.4 is 10.1 Å². The lowest BCUT2D eigenvalue weighted by atomic mass is 9.87. The van der Waals surface area contributed by atoms with Crippen molar-refractivity contribution in [3.8, 4) is 5.75 Å². The fourth-order valence-corrected chi connectivity index (χ4v) is 3.94. The zero-order valence-electron chi connectivity index (χ0n) is 16.0. The molecular weight excluding hydrogens is 414 g/mol. The number of nitro benzene ring substituents is 1. The van der Waals surface area contributed by atoms with Crippen LogP contribution in [-0.4, -0.2) is 28.6 Å². The molecule has 9 nitrogen and oxygen atoms in total. The minimum atomic E-state index is -1.23.